The molecule has 1 aromatic heterocycles. The minimum Gasteiger partial charge on any atom is -0.437 e. The summed E-state index contributed by atoms with van der Waals surface area (Å²) in [7, 11) is 4.19. The van der Waals surface area contributed by atoms with Gasteiger partial charge in [-0.05, 0) is 39.0 Å². The van der Waals surface area contributed by atoms with Gasteiger partial charge >= 0.3 is 0 Å². The third-order valence-electron chi connectivity index (χ3n) is 3.52. The Kier molecular flexibility index (Phi) is 3.52. The molecule has 0 unspecified atom stereocenters. The van der Waals surface area contributed by atoms with Gasteiger partial charge in [-0.3, -0.25) is 4.79 Å². The van der Waals surface area contributed by atoms with Crippen molar-refractivity contribution in [3.63, 3.8) is 0 Å². The normalized spacial score (nSPS) is 18.3. The predicted octanol–water partition coefficient (Wildman–Crippen LogP) is 2.01. The lowest BCUT2D eigenvalue weighted by Gasteiger charge is -2.34. The number of hydrogen-bond donors (Lipinski definition) is 0. The van der Waals surface area contributed by atoms with E-state index in [4.69, 9.17) is 4.42 Å². The molecule has 4 nitrogen and oxygen atoms in total. The fraction of sp³-hybridized carbons (Fsp3) is 0.615. The molecule has 1 saturated heterocycles. The number of likely N-dealkylation sites (tertiary alicyclic amines) is 1. The van der Waals surface area contributed by atoms with Gasteiger partial charge in [0.2, 0.25) is 0 Å². The van der Waals surface area contributed by atoms with Gasteiger partial charge in [0.15, 0.2) is 17.4 Å². The number of nitrogens with zero attached hydrogens (tertiary/aromatic N) is 2. The van der Waals surface area contributed by atoms with Gasteiger partial charge < -0.3 is 14.2 Å². The van der Waals surface area contributed by atoms with Gasteiger partial charge in [0.05, 0.1) is 0 Å². The molecule has 1 aromatic rings. The average Bonchev–Trinajstić information content (AvgIpc) is 2.78. The standard InChI is InChI=1S/C13H20N2O2/c1-10(16)12-4-5-13(17-12)15(3)11-6-8-14(2)9-7-11/h4-5,11H,6-9H2,1-3H3. The molecule has 0 aromatic carbocycles. The largest absolute Gasteiger partial charge is 0.437 e. The number of Topliss-reactive ketones (excluding diaryl/α,β-unsaturated/α-hetero) is 1. The van der Waals surface area contributed by atoms with Crippen molar-refractivity contribution < 1.29 is 9.21 Å². The van der Waals surface area contributed by atoms with E-state index in [2.05, 4.69) is 16.8 Å². The van der Waals surface area contributed by atoms with Gasteiger partial charge in [0, 0.05) is 26.1 Å². The van der Waals surface area contributed by atoms with Crippen LogP contribution in [0.4, 0.5) is 5.88 Å². The molecule has 0 spiro atoms. The van der Waals surface area contributed by atoms with Crippen molar-refractivity contribution in [1.29, 1.82) is 0 Å². The first-order valence-corrected chi connectivity index (χ1v) is 6.10. The SMILES string of the molecule is CC(=O)c1ccc(N(C)C2CCN(C)CC2)o1. The Labute approximate surface area is 102 Å². The highest BCUT2D eigenvalue weighted by atomic mass is 16.4. The zero-order chi connectivity index (χ0) is 12.4. The molecule has 0 bridgehead atoms. The Balaban J connectivity index is 2.03. The van der Waals surface area contributed by atoms with Crippen molar-refractivity contribution in [3.05, 3.63) is 17.9 Å². The Bertz CT molecular complexity index is 392. The molecule has 17 heavy (non-hydrogen) atoms. The van der Waals surface area contributed by atoms with Gasteiger partial charge in [-0.1, -0.05) is 0 Å². The van der Waals surface area contributed by atoms with Crippen LogP contribution in [0.1, 0.15) is 30.3 Å². The van der Waals surface area contributed by atoms with Crippen molar-refractivity contribution in [1.82, 2.24) is 4.90 Å². The lowest BCUT2D eigenvalue weighted by atomic mass is 10.0. The zero-order valence-corrected chi connectivity index (χ0v) is 10.8. The summed E-state index contributed by atoms with van der Waals surface area (Å²) in [5.74, 6) is 1.22. The summed E-state index contributed by atoms with van der Waals surface area (Å²) in [4.78, 5) is 15.7. The topological polar surface area (TPSA) is 36.7 Å². The number of hydrogen-bond acceptors (Lipinski definition) is 4. The summed E-state index contributed by atoms with van der Waals surface area (Å²) in [6.07, 6.45) is 2.28. The minimum absolute atomic E-state index is 0.0203. The van der Waals surface area contributed by atoms with E-state index < -0.39 is 0 Å². The Morgan fingerprint density at radius 2 is 2.06 bits per heavy atom. The fourth-order valence-corrected chi connectivity index (χ4v) is 2.27. The van der Waals surface area contributed by atoms with E-state index in [1.165, 1.54) is 6.92 Å². The molecule has 0 aliphatic carbocycles. The van der Waals surface area contributed by atoms with Gasteiger partial charge in [-0.25, -0.2) is 0 Å². The molecule has 1 fully saturated rings. The molecule has 1 aliphatic heterocycles. The fourth-order valence-electron chi connectivity index (χ4n) is 2.27. The smallest absolute Gasteiger partial charge is 0.196 e. The number of anilines is 1. The number of carbonyl (C=O) groups is 1. The number of ketones is 1. The van der Waals surface area contributed by atoms with Crippen LogP contribution in [0.3, 0.4) is 0 Å². The van der Waals surface area contributed by atoms with Crippen molar-refractivity contribution in [2.75, 3.05) is 32.1 Å². The van der Waals surface area contributed by atoms with Gasteiger partial charge in [-0.15, -0.1) is 0 Å². The van der Waals surface area contributed by atoms with Gasteiger partial charge in [-0.2, -0.15) is 0 Å². The Morgan fingerprint density at radius 1 is 1.41 bits per heavy atom. The first-order valence-electron chi connectivity index (χ1n) is 6.10. The summed E-state index contributed by atoms with van der Waals surface area (Å²) < 4.78 is 5.55. The van der Waals surface area contributed by atoms with E-state index in [0.29, 0.717) is 11.8 Å². The van der Waals surface area contributed by atoms with Crippen LogP contribution in [0.15, 0.2) is 16.5 Å². The van der Waals surface area contributed by atoms with E-state index in [1.807, 2.05) is 13.1 Å². The average molecular weight is 236 g/mol. The number of carbonyl (C=O) groups excluding carboxylic acids is 1. The van der Waals surface area contributed by atoms with Crippen LogP contribution in [0.5, 0.6) is 0 Å². The van der Waals surface area contributed by atoms with Gasteiger partial charge in [0.25, 0.3) is 0 Å². The minimum atomic E-state index is -0.0203. The highest BCUT2D eigenvalue weighted by Crippen LogP contribution is 2.24. The quantitative estimate of drug-likeness (QED) is 0.752. The van der Waals surface area contributed by atoms with Crippen molar-refractivity contribution in [2.24, 2.45) is 0 Å². The molecule has 0 saturated carbocycles. The molecule has 94 valence electrons. The Morgan fingerprint density at radius 3 is 2.59 bits per heavy atom. The second kappa shape index (κ2) is 4.92. The van der Waals surface area contributed by atoms with E-state index in [0.717, 1.165) is 31.8 Å². The van der Waals surface area contributed by atoms with Crippen molar-refractivity contribution in [3.8, 4) is 0 Å². The zero-order valence-electron chi connectivity index (χ0n) is 10.8. The van der Waals surface area contributed by atoms with Crippen LogP contribution >= 0.6 is 0 Å². The maximum atomic E-state index is 11.2. The maximum absolute atomic E-state index is 11.2. The van der Waals surface area contributed by atoms with Crippen LogP contribution in [0, 0.1) is 0 Å². The summed E-state index contributed by atoms with van der Waals surface area (Å²) in [5, 5.41) is 0. The first-order chi connectivity index (χ1) is 8.08. The second-order valence-electron chi connectivity index (χ2n) is 4.84. The monoisotopic (exact) mass is 236 g/mol. The van der Waals surface area contributed by atoms with Crippen LogP contribution < -0.4 is 4.90 Å². The number of rotatable bonds is 3. The lowest BCUT2D eigenvalue weighted by molar-refractivity contribution is 0.0987. The summed E-state index contributed by atoms with van der Waals surface area (Å²) in [6.45, 7) is 3.77. The molecular formula is C13H20N2O2. The summed E-state index contributed by atoms with van der Waals surface area (Å²) in [5.41, 5.74) is 0. The van der Waals surface area contributed by atoms with E-state index in [-0.39, 0.29) is 5.78 Å². The molecule has 1 aliphatic rings. The van der Waals surface area contributed by atoms with Crippen molar-refractivity contribution in [2.45, 2.75) is 25.8 Å². The third kappa shape index (κ3) is 2.69. The molecule has 2 heterocycles. The molecule has 0 N–H and O–H groups in total. The highest BCUT2D eigenvalue weighted by molar-refractivity contribution is 5.91. The molecule has 4 heteroatoms. The molecule has 2 rings (SSSR count). The van der Waals surface area contributed by atoms with Gasteiger partial charge in [0.1, 0.15) is 0 Å². The lowest BCUT2D eigenvalue weighted by Crippen LogP contribution is -2.41. The number of furan rings is 1. The van der Waals surface area contributed by atoms with E-state index in [9.17, 15) is 4.79 Å². The molecular weight excluding hydrogens is 216 g/mol. The number of piperidine rings is 1. The molecule has 0 amide bonds. The highest BCUT2D eigenvalue weighted by Gasteiger charge is 2.22. The first kappa shape index (κ1) is 12.2. The van der Waals surface area contributed by atoms with Crippen molar-refractivity contribution >= 4 is 11.7 Å². The Hall–Kier alpha value is -1.29. The van der Waals surface area contributed by atoms with Crippen LogP contribution in [-0.4, -0.2) is 43.9 Å². The van der Waals surface area contributed by atoms with Crippen LogP contribution in [0.2, 0.25) is 0 Å². The maximum Gasteiger partial charge on any atom is 0.196 e. The third-order valence-corrected chi connectivity index (χ3v) is 3.52. The summed E-state index contributed by atoms with van der Waals surface area (Å²) >= 11 is 0. The molecule has 0 atom stereocenters. The molecule has 0 radical (unpaired) electrons. The van der Waals surface area contributed by atoms with E-state index >= 15 is 0 Å². The van der Waals surface area contributed by atoms with Crippen LogP contribution in [-0.2, 0) is 0 Å². The summed E-state index contributed by atoms with van der Waals surface area (Å²) in [6, 6.07) is 4.15. The van der Waals surface area contributed by atoms with Crippen LogP contribution in [0.25, 0.3) is 0 Å². The predicted molar refractivity (Wildman–Crippen MR) is 67.6 cm³/mol. The van der Waals surface area contributed by atoms with E-state index in [1.54, 1.807) is 6.07 Å². The second-order valence-corrected chi connectivity index (χ2v) is 4.84.